The number of rotatable bonds is 6. The molecule has 0 radical (unpaired) electrons. The summed E-state index contributed by atoms with van der Waals surface area (Å²) in [7, 11) is 1.47. The van der Waals surface area contributed by atoms with E-state index in [0.717, 1.165) is 26.8 Å². The van der Waals surface area contributed by atoms with Crippen LogP contribution in [0.15, 0.2) is 78.4 Å². The molecule has 4 aromatic rings. The van der Waals surface area contributed by atoms with Gasteiger partial charge in [0, 0.05) is 5.56 Å². The Morgan fingerprint density at radius 2 is 1.67 bits per heavy atom. The fraction of sp³-hybridized carbons (Fsp3) is 0.100. The first kappa shape index (κ1) is 26.3. The molecule has 9 heteroatoms. The summed E-state index contributed by atoms with van der Waals surface area (Å²) in [6.45, 7) is 2.27. The Hall–Kier alpha value is -4.33. The monoisotopic (exact) mass is 560 g/mol. The van der Waals surface area contributed by atoms with E-state index in [0.29, 0.717) is 17.1 Å². The molecule has 1 aliphatic rings. The maximum atomic E-state index is 13.2. The third-order valence-corrected chi connectivity index (χ3v) is 6.99. The molecule has 5 rings (SSSR count). The number of hydrogen-bond acceptors (Lipinski definition) is 5. The van der Waals surface area contributed by atoms with Crippen LogP contribution in [0.2, 0.25) is 10.0 Å². The Balaban J connectivity index is 1.47. The van der Waals surface area contributed by atoms with Gasteiger partial charge in [-0.25, -0.2) is 9.69 Å². The fourth-order valence-electron chi connectivity index (χ4n) is 4.42. The van der Waals surface area contributed by atoms with Gasteiger partial charge in [0.1, 0.15) is 12.2 Å². The van der Waals surface area contributed by atoms with Crippen molar-refractivity contribution in [3.8, 4) is 11.5 Å². The summed E-state index contributed by atoms with van der Waals surface area (Å²) >= 11 is 12.8. The van der Waals surface area contributed by atoms with Gasteiger partial charge in [-0.2, -0.15) is 0 Å². The largest absolute Gasteiger partial charge is 0.493 e. The van der Waals surface area contributed by atoms with Gasteiger partial charge in [0.15, 0.2) is 11.5 Å². The molecule has 1 heterocycles. The zero-order valence-corrected chi connectivity index (χ0v) is 22.5. The van der Waals surface area contributed by atoms with Gasteiger partial charge in [-0.15, -0.1) is 0 Å². The molecule has 0 spiro atoms. The van der Waals surface area contributed by atoms with Crippen molar-refractivity contribution >= 4 is 63.6 Å². The number of anilines is 1. The van der Waals surface area contributed by atoms with Crippen LogP contribution < -0.4 is 19.7 Å². The van der Waals surface area contributed by atoms with Crippen LogP contribution in [0.4, 0.5) is 10.5 Å². The summed E-state index contributed by atoms with van der Waals surface area (Å²) < 4.78 is 11.7. The maximum absolute atomic E-state index is 13.2. The van der Waals surface area contributed by atoms with E-state index in [-0.39, 0.29) is 27.9 Å². The number of urea groups is 1. The molecule has 0 unspecified atom stereocenters. The SMILES string of the molecule is COc1cc(/C=C2\C(=O)NC(=O)N(c3ccccc3Cl)C2=O)cc(Cl)c1OCc1c(C)ccc2ccccc12. The number of hydrogen-bond donors (Lipinski definition) is 1. The minimum atomic E-state index is -0.890. The number of benzene rings is 4. The van der Waals surface area contributed by atoms with Gasteiger partial charge in [-0.1, -0.05) is 71.7 Å². The average Bonchev–Trinajstić information content (AvgIpc) is 2.92. The number of amides is 4. The van der Waals surface area contributed by atoms with Crippen LogP contribution in [0, 0.1) is 6.92 Å². The first-order valence-electron chi connectivity index (χ1n) is 11.9. The van der Waals surface area contributed by atoms with E-state index >= 15 is 0 Å². The van der Waals surface area contributed by atoms with E-state index in [4.69, 9.17) is 32.7 Å². The fourth-order valence-corrected chi connectivity index (χ4v) is 4.91. The first-order valence-corrected chi connectivity index (χ1v) is 12.7. The number of nitrogens with one attached hydrogen (secondary N) is 1. The number of carbonyl (C=O) groups is 3. The number of fused-ring (bicyclic) bond motifs is 1. The zero-order chi connectivity index (χ0) is 27.7. The van der Waals surface area contributed by atoms with Crippen molar-refractivity contribution in [1.82, 2.24) is 5.32 Å². The second kappa shape index (κ2) is 10.8. The number of para-hydroxylation sites is 1. The van der Waals surface area contributed by atoms with Crippen molar-refractivity contribution in [3.05, 3.63) is 105 Å². The van der Waals surface area contributed by atoms with Crippen molar-refractivity contribution in [2.24, 2.45) is 0 Å². The molecule has 0 atom stereocenters. The van der Waals surface area contributed by atoms with E-state index in [1.165, 1.54) is 19.3 Å². The minimum Gasteiger partial charge on any atom is -0.493 e. The summed E-state index contributed by atoms with van der Waals surface area (Å²) in [5.41, 5.74) is 2.38. The molecule has 0 bridgehead atoms. The standard InChI is InChI=1S/C30H22Cl2N2O5/c1-17-11-12-19-7-3-4-8-20(19)22(17)16-39-27-24(32)14-18(15-26(27)38-2)13-21-28(35)33-30(37)34(29(21)36)25-10-6-5-9-23(25)31/h3-15H,16H2,1-2H3,(H,33,35,37)/b21-13+. The Bertz CT molecular complexity index is 1680. The van der Waals surface area contributed by atoms with Gasteiger partial charge < -0.3 is 9.47 Å². The van der Waals surface area contributed by atoms with E-state index < -0.39 is 17.8 Å². The molecule has 0 aliphatic carbocycles. The molecular weight excluding hydrogens is 539 g/mol. The highest BCUT2D eigenvalue weighted by molar-refractivity contribution is 6.42. The molecule has 39 heavy (non-hydrogen) atoms. The maximum Gasteiger partial charge on any atom is 0.335 e. The van der Waals surface area contributed by atoms with Gasteiger partial charge in [-0.3, -0.25) is 14.9 Å². The van der Waals surface area contributed by atoms with Crippen LogP contribution in [0.25, 0.3) is 16.8 Å². The third-order valence-electron chi connectivity index (χ3n) is 6.39. The number of barbiturate groups is 1. The molecule has 196 valence electrons. The number of imide groups is 2. The number of aryl methyl sites for hydroxylation is 1. The van der Waals surface area contributed by atoms with Crippen molar-refractivity contribution in [3.63, 3.8) is 0 Å². The topological polar surface area (TPSA) is 84.9 Å². The summed E-state index contributed by atoms with van der Waals surface area (Å²) in [4.78, 5) is 39.2. The summed E-state index contributed by atoms with van der Waals surface area (Å²) in [6.07, 6.45) is 1.33. The van der Waals surface area contributed by atoms with E-state index in [2.05, 4.69) is 11.4 Å². The van der Waals surface area contributed by atoms with Crippen LogP contribution in [-0.2, 0) is 16.2 Å². The molecule has 7 nitrogen and oxygen atoms in total. The highest BCUT2D eigenvalue weighted by Crippen LogP contribution is 2.38. The Labute approximate surface area is 234 Å². The van der Waals surface area contributed by atoms with Gasteiger partial charge in [0.25, 0.3) is 11.8 Å². The van der Waals surface area contributed by atoms with Crippen molar-refractivity contribution in [1.29, 1.82) is 0 Å². The van der Waals surface area contributed by atoms with E-state index in [1.54, 1.807) is 30.3 Å². The lowest BCUT2D eigenvalue weighted by Gasteiger charge is -2.27. The second-order valence-electron chi connectivity index (χ2n) is 8.81. The van der Waals surface area contributed by atoms with Crippen molar-refractivity contribution in [2.75, 3.05) is 12.0 Å². The van der Waals surface area contributed by atoms with Gasteiger partial charge in [-0.05, 0) is 59.2 Å². The molecule has 4 amide bonds. The number of ether oxygens (including phenoxy) is 2. The molecular formula is C30H22Cl2N2O5. The highest BCUT2D eigenvalue weighted by Gasteiger charge is 2.37. The molecule has 1 aliphatic heterocycles. The van der Waals surface area contributed by atoms with Crippen LogP contribution in [0.3, 0.4) is 0 Å². The van der Waals surface area contributed by atoms with E-state index in [9.17, 15) is 14.4 Å². The van der Waals surface area contributed by atoms with Gasteiger partial charge in [0.05, 0.1) is 22.8 Å². The minimum absolute atomic E-state index is 0.156. The van der Waals surface area contributed by atoms with Gasteiger partial charge >= 0.3 is 6.03 Å². The average molecular weight is 561 g/mol. The lowest BCUT2D eigenvalue weighted by Crippen LogP contribution is -2.54. The molecule has 1 fully saturated rings. The van der Waals surface area contributed by atoms with Crippen LogP contribution >= 0.6 is 23.2 Å². The highest BCUT2D eigenvalue weighted by atomic mass is 35.5. The van der Waals surface area contributed by atoms with Crippen molar-refractivity contribution < 1.29 is 23.9 Å². The lowest BCUT2D eigenvalue weighted by molar-refractivity contribution is -0.122. The lowest BCUT2D eigenvalue weighted by atomic mass is 10.0. The van der Waals surface area contributed by atoms with Crippen LogP contribution in [0.1, 0.15) is 16.7 Å². The predicted octanol–water partition coefficient (Wildman–Crippen LogP) is 6.71. The van der Waals surface area contributed by atoms with Crippen LogP contribution in [-0.4, -0.2) is 25.0 Å². The number of carbonyl (C=O) groups excluding carboxylic acids is 3. The first-order chi connectivity index (χ1) is 18.8. The van der Waals surface area contributed by atoms with Crippen LogP contribution in [0.5, 0.6) is 11.5 Å². The Morgan fingerprint density at radius 3 is 2.44 bits per heavy atom. The Morgan fingerprint density at radius 1 is 0.923 bits per heavy atom. The van der Waals surface area contributed by atoms with Crippen molar-refractivity contribution in [2.45, 2.75) is 13.5 Å². The predicted molar refractivity (Wildman–Crippen MR) is 151 cm³/mol. The molecule has 0 saturated carbocycles. The molecule has 1 saturated heterocycles. The Kier molecular flexibility index (Phi) is 7.28. The number of methoxy groups -OCH3 is 1. The third kappa shape index (κ3) is 5.06. The second-order valence-corrected chi connectivity index (χ2v) is 9.63. The summed E-state index contributed by atoms with van der Waals surface area (Å²) in [6, 6.07) is 20.8. The summed E-state index contributed by atoms with van der Waals surface area (Å²) in [5, 5.41) is 4.76. The van der Waals surface area contributed by atoms with Gasteiger partial charge in [0.2, 0.25) is 0 Å². The van der Waals surface area contributed by atoms with E-state index in [1.807, 2.05) is 37.3 Å². The molecule has 0 aromatic heterocycles. The summed E-state index contributed by atoms with van der Waals surface area (Å²) in [5.74, 6) is -1.02. The smallest absolute Gasteiger partial charge is 0.335 e. The number of nitrogens with zero attached hydrogens (tertiary/aromatic N) is 1. The number of halogens is 2. The molecule has 1 N–H and O–H groups in total. The zero-order valence-electron chi connectivity index (χ0n) is 21.0. The quantitative estimate of drug-likeness (QED) is 0.209. The molecule has 4 aromatic carbocycles. The normalized spacial score (nSPS) is 14.6.